The summed E-state index contributed by atoms with van der Waals surface area (Å²) in [5, 5.41) is 8.61. The maximum Gasteiger partial charge on any atom is 0.341 e. The van der Waals surface area contributed by atoms with Gasteiger partial charge in [0, 0.05) is 4.47 Å². The Kier molecular flexibility index (Phi) is 3.49. The summed E-state index contributed by atoms with van der Waals surface area (Å²) in [5.41, 5.74) is 2.46. The molecule has 2 rings (SSSR count). The van der Waals surface area contributed by atoms with Crippen LogP contribution in [-0.2, 0) is 17.6 Å². The van der Waals surface area contributed by atoms with Crippen LogP contribution >= 0.6 is 15.9 Å². The summed E-state index contributed by atoms with van der Waals surface area (Å²) < 4.78 is 6.27. The minimum Gasteiger partial charge on any atom is -0.482 e. The smallest absolute Gasteiger partial charge is 0.341 e. The second-order valence-electron chi connectivity index (χ2n) is 3.93. The molecule has 1 aromatic rings. The van der Waals surface area contributed by atoms with Crippen molar-refractivity contribution in [1.82, 2.24) is 0 Å². The van der Waals surface area contributed by atoms with Crippen LogP contribution in [0.5, 0.6) is 5.75 Å². The Morgan fingerprint density at radius 3 is 2.88 bits per heavy atom. The zero-order valence-electron chi connectivity index (χ0n) is 8.83. The van der Waals surface area contributed by atoms with Gasteiger partial charge < -0.3 is 9.84 Å². The Balaban J connectivity index is 2.28. The number of rotatable bonds is 3. The highest BCUT2D eigenvalue weighted by atomic mass is 79.9. The summed E-state index contributed by atoms with van der Waals surface area (Å²) >= 11 is 3.42. The lowest BCUT2D eigenvalue weighted by Crippen LogP contribution is -2.12. The molecular weight excluding hydrogens is 272 g/mol. The number of aryl methyl sites for hydroxylation is 1. The lowest BCUT2D eigenvalue weighted by Gasteiger charge is -2.19. The number of hydrogen-bond acceptors (Lipinski definition) is 2. The molecule has 1 aliphatic rings. The minimum atomic E-state index is -0.940. The molecule has 0 unspecified atom stereocenters. The van der Waals surface area contributed by atoms with Crippen molar-refractivity contribution in [2.24, 2.45) is 0 Å². The maximum absolute atomic E-state index is 10.5. The van der Waals surface area contributed by atoms with E-state index in [0.29, 0.717) is 5.75 Å². The second kappa shape index (κ2) is 4.87. The predicted molar refractivity (Wildman–Crippen MR) is 63.9 cm³/mol. The SMILES string of the molecule is O=C(O)COc1cc(Br)cc2c1CCCC2. The molecular formula is C12H13BrO3. The van der Waals surface area contributed by atoms with Crippen LogP contribution in [0.25, 0.3) is 0 Å². The van der Waals surface area contributed by atoms with E-state index in [0.717, 1.165) is 23.7 Å². The number of halogens is 1. The highest BCUT2D eigenvalue weighted by molar-refractivity contribution is 9.10. The summed E-state index contributed by atoms with van der Waals surface area (Å²) in [4.78, 5) is 10.5. The maximum atomic E-state index is 10.5. The number of aliphatic carboxylic acids is 1. The molecule has 0 aliphatic heterocycles. The third-order valence-electron chi connectivity index (χ3n) is 2.74. The first-order valence-electron chi connectivity index (χ1n) is 5.32. The minimum absolute atomic E-state index is 0.275. The standard InChI is InChI=1S/C12H13BrO3/c13-9-5-8-3-1-2-4-10(8)11(6-9)16-7-12(14)15/h5-6H,1-4,7H2,(H,14,15). The van der Waals surface area contributed by atoms with Gasteiger partial charge in [0.05, 0.1) is 0 Å². The number of carbonyl (C=O) groups is 1. The molecule has 0 fully saturated rings. The molecule has 1 N–H and O–H groups in total. The summed E-state index contributed by atoms with van der Waals surface area (Å²) in [6.45, 7) is -0.275. The van der Waals surface area contributed by atoms with Crippen LogP contribution in [0, 0.1) is 0 Å². The van der Waals surface area contributed by atoms with Gasteiger partial charge in [0.1, 0.15) is 5.75 Å². The Labute approximate surface area is 103 Å². The Hall–Kier alpha value is -1.03. The summed E-state index contributed by atoms with van der Waals surface area (Å²) in [6, 6.07) is 3.95. The molecule has 0 atom stereocenters. The first-order valence-corrected chi connectivity index (χ1v) is 6.12. The fourth-order valence-electron chi connectivity index (χ4n) is 2.06. The Morgan fingerprint density at radius 1 is 1.38 bits per heavy atom. The molecule has 0 amide bonds. The van der Waals surface area contributed by atoms with E-state index in [9.17, 15) is 4.79 Å². The van der Waals surface area contributed by atoms with Gasteiger partial charge in [0.15, 0.2) is 6.61 Å². The topological polar surface area (TPSA) is 46.5 Å². The largest absolute Gasteiger partial charge is 0.482 e. The van der Waals surface area contributed by atoms with Gasteiger partial charge in [-0.1, -0.05) is 15.9 Å². The van der Waals surface area contributed by atoms with E-state index in [1.165, 1.54) is 17.5 Å². The lowest BCUT2D eigenvalue weighted by molar-refractivity contribution is -0.139. The molecule has 0 aromatic heterocycles. The van der Waals surface area contributed by atoms with Gasteiger partial charge >= 0.3 is 5.97 Å². The van der Waals surface area contributed by atoms with Crippen LogP contribution in [0.3, 0.4) is 0 Å². The molecule has 0 saturated heterocycles. The zero-order chi connectivity index (χ0) is 11.5. The summed E-state index contributed by atoms with van der Waals surface area (Å²) in [6.07, 6.45) is 4.38. The van der Waals surface area contributed by atoms with Crippen molar-refractivity contribution in [3.63, 3.8) is 0 Å². The molecule has 1 aromatic carbocycles. The third kappa shape index (κ3) is 2.55. The lowest BCUT2D eigenvalue weighted by atomic mass is 9.91. The van der Waals surface area contributed by atoms with Crippen LogP contribution < -0.4 is 4.74 Å². The molecule has 4 heteroatoms. The molecule has 86 valence electrons. The number of carboxylic acids is 1. The van der Waals surface area contributed by atoms with Gasteiger partial charge in [-0.15, -0.1) is 0 Å². The van der Waals surface area contributed by atoms with Crippen LogP contribution in [-0.4, -0.2) is 17.7 Å². The Bertz CT molecular complexity index is 415. The molecule has 0 bridgehead atoms. The van der Waals surface area contributed by atoms with Crippen molar-refractivity contribution in [1.29, 1.82) is 0 Å². The van der Waals surface area contributed by atoms with Crippen LogP contribution in [0.4, 0.5) is 0 Å². The van der Waals surface area contributed by atoms with Crippen LogP contribution in [0.2, 0.25) is 0 Å². The monoisotopic (exact) mass is 284 g/mol. The van der Waals surface area contributed by atoms with Gasteiger partial charge in [-0.05, 0) is 48.9 Å². The first-order chi connectivity index (χ1) is 7.66. The van der Waals surface area contributed by atoms with E-state index in [2.05, 4.69) is 22.0 Å². The normalized spacial score (nSPS) is 14.3. The van der Waals surface area contributed by atoms with Gasteiger partial charge in [0.2, 0.25) is 0 Å². The number of benzene rings is 1. The van der Waals surface area contributed by atoms with E-state index < -0.39 is 5.97 Å². The van der Waals surface area contributed by atoms with Crippen molar-refractivity contribution < 1.29 is 14.6 Å². The van der Waals surface area contributed by atoms with Crippen LogP contribution in [0.1, 0.15) is 24.0 Å². The van der Waals surface area contributed by atoms with Crippen molar-refractivity contribution in [3.05, 3.63) is 27.7 Å². The zero-order valence-corrected chi connectivity index (χ0v) is 10.4. The summed E-state index contributed by atoms with van der Waals surface area (Å²) in [7, 11) is 0. The van der Waals surface area contributed by atoms with Gasteiger partial charge in [0.25, 0.3) is 0 Å². The van der Waals surface area contributed by atoms with Crippen molar-refractivity contribution in [2.75, 3.05) is 6.61 Å². The van der Waals surface area contributed by atoms with E-state index in [1.807, 2.05) is 6.07 Å². The van der Waals surface area contributed by atoms with Gasteiger partial charge in [-0.2, -0.15) is 0 Å². The van der Waals surface area contributed by atoms with E-state index in [1.54, 1.807) is 0 Å². The van der Waals surface area contributed by atoms with E-state index in [4.69, 9.17) is 9.84 Å². The van der Waals surface area contributed by atoms with Gasteiger partial charge in [-0.25, -0.2) is 4.79 Å². The molecule has 1 aliphatic carbocycles. The Morgan fingerprint density at radius 2 is 2.12 bits per heavy atom. The molecule has 3 nitrogen and oxygen atoms in total. The third-order valence-corrected chi connectivity index (χ3v) is 3.20. The van der Waals surface area contributed by atoms with Gasteiger partial charge in [-0.3, -0.25) is 0 Å². The molecule has 0 saturated carbocycles. The number of ether oxygens (including phenoxy) is 1. The van der Waals surface area contributed by atoms with Crippen LogP contribution in [0.15, 0.2) is 16.6 Å². The summed E-state index contributed by atoms with van der Waals surface area (Å²) in [5.74, 6) is -0.226. The number of hydrogen-bond donors (Lipinski definition) is 1. The highest BCUT2D eigenvalue weighted by Crippen LogP contribution is 2.33. The van der Waals surface area contributed by atoms with Crippen molar-refractivity contribution in [2.45, 2.75) is 25.7 Å². The van der Waals surface area contributed by atoms with Crippen molar-refractivity contribution >= 4 is 21.9 Å². The predicted octanol–water partition coefficient (Wildman–Crippen LogP) is 2.79. The fourth-order valence-corrected chi connectivity index (χ4v) is 2.54. The average Bonchev–Trinajstić information content (AvgIpc) is 2.25. The first kappa shape index (κ1) is 11.5. The molecule has 16 heavy (non-hydrogen) atoms. The molecule has 0 spiro atoms. The van der Waals surface area contributed by atoms with E-state index in [-0.39, 0.29) is 6.61 Å². The fraction of sp³-hybridized carbons (Fsp3) is 0.417. The van der Waals surface area contributed by atoms with E-state index >= 15 is 0 Å². The second-order valence-corrected chi connectivity index (χ2v) is 4.85. The highest BCUT2D eigenvalue weighted by Gasteiger charge is 2.15. The number of carboxylic acid groups (broad SMARTS) is 1. The molecule has 0 heterocycles. The molecule has 0 radical (unpaired) electrons. The number of fused-ring (bicyclic) bond motifs is 1. The quantitative estimate of drug-likeness (QED) is 0.928. The average molecular weight is 285 g/mol. The van der Waals surface area contributed by atoms with Crippen molar-refractivity contribution in [3.8, 4) is 5.75 Å².